The summed E-state index contributed by atoms with van der Waals surface area (Å²) in [6, 6.07) is 12.3. The van der Waals surface area contributed by atoms with Crippen LogP contribution in [0.25, 0.3) is 5.69 Å². The first kappa shape index (κ1) is 19.0. The molecule has 0 fully saturated rings. The molecule has 0 radical (unpaired) electrons. The van der Waals surface area contributed by atoms with Crippen LogP contribution in [0.2, 0.25) is 0 Å². The van der Waals surface area contributed by atoms with E-state index >= 15 is 0 Å². The molecule has 0 unspecified atom stereocenters. The first-order valence-corrected chi connectivity index (χ1v) is 8.31. The summed E-state index contributed by atoms with van der Waals surface area (Å²) in [5.41, 5.74) is 0.993. The van der Waals surface area contributed by atoms with Gasteiger partial charge in [0.25, 0.3) is 5.91 Å². The Hall–Kier alpha value is -3.75. The molecule has 8 nitrogen and oxygen atoms in total. The Morgan fingerprint density at radius 1 is 1.14 bits per heavy atom. The maximum atomic E-state index is 13.0. The molecule has 0 aliphatic carbocycles. The first-order chi connectivity index (χ1) is 13.5. The number of carbonyl (C=O) groups excluding carboxylic acids is 2. The number of hydrogen-bond acceptors (Lipinski definition) is 6. The van der Waals surface area contributed by atoms with Crippen molar-refractivity contribution in [2.45, 2.75) is 13.0 Å². The minimum absolute atomic E-state index is 0.0386. The van der Waals surface area contributed by atoms with Gasteiger partial charge in [0.2, 0.25) is 0 Å². The minimum Gasteiger partial charge on any atom is -0.481 e. The number of amides is 1. The lowest BCUT2D eigenvalue weighted by atomic mass is 10.2. The minimum atomic E-state index is -0.833. The Morgan fingerprint density at radius 3 is 2.57 bits per heavy atom. The SMILES string of the molecule is COC(=O)c1cn(-c2ccccc2NC(=O)[C@@H](C)Oc2ccc(F)cc2)nn1. The van der Waals surface area contributed by atoms with E-state index in [1.54, 1.807) is 31.2 Å². The highest BCUT2D eigenvalue weighted by molar-refractivity contribution is 5.96. The molecule has 1 aromatic heterocycles. The number of carbonyl (C=O) groups is 2. The second-order valence-corrected chi connectivity index (χ2v) is 5.76. The maximum Gasteiger partial charge on any atom is 0.360 e. The number of anilines is 1. The van der Waals surface area contributed by atoms with Crippen LogP contribution >= 0.6 is 0 Å². The van der Waals surface area contributed by atoms with Gasteiger partial charge in [-0.05, 0) is 43.3 Å². The number of halogens is 1. The molecule has 28 heavy (non-hydrogen) atoms. The number of hydrogen-bond donors (Lipinski definition) is 1. The summed E-state index contributed by atoms with van der Waals surface area (Å²) >= 11 is 0. The van der Waals surface area contributed by atoms with Crippen molar-refractivity contribution in [1.82, 2.24) is 15.0 Å². The Kier molecular flexibility index (Phi) is 5.64. The largest absolute Gasteiger partial charge is 0.481 e. The van der Waals surface area contributed by atoms with Crippen molar-refractivity contribution in [3.8, 4) is 11.4 Å². The maximum absolute atomic E-state index is 13.0. The van der Waals surface area contributed by atoms with Crippen molar-refractivity contribution >= 4 is 17.6 Å². The number of para-hydroxylation sites is 2. The summed E-state index contributed by atoms with van der Waals surface area (Å²) in [6.45, 7) is 1.58. The topological polar surface area (TPSA) is 95.3 Å². The van der Waals surface area contributed by atoms with E-state index in [9.17, 15) is 14.0 Å². The van der Waals surface area contributed by atoms with Gasteiger partial charge >= 0.3 is 5.97 Å². The standard InChI is InChI=1S/C19H17FN4O4/c1-12(28-14-9-7-13(20)8-10-14)18(25)21-15-5-3-4-6-17(15)24-11-16(22-23-24)19(26)27-2/h3-12H,1-2H3,(H,21,25)/t12-/m1/s1. The van der Waals surface area contributed by atoms with E-state index in [0.717, 1.165) is 0 Å². The molecule has 1 N–H and O–H groups in total. The van der Waals surface area contributed by atoms with Gasteiger partial charge in [-0.15, -0.1) is 5.10 Å². The van der Waals surface area contributed by atoms with Crippen molar-refractivity contribution in [3.63, 3.8) is 0 Å². The zero-order valence-corrected chi connectivity index (χ0v) is 15.1. The van der Waals surface area contributed by atoms with Crippen LogP contribution in [0.1, 0.15) is 17.4 Å². The summed E-state index contributed by atoms with van der Waals surface area (Å²) < 4.78 is 24.5. The van der Waals surface area contributed by atoms with Gasteiger partial charge in [0.1, 0.15) is 11.6 Å². The van der Waals surface area contributed by atoms with Crippen LogP contribution in [0.15, 0.2) is 54.7 Å². The van der Waals surface area contributed by atoms with Crippen LogP contribution in [0.5, 0.6) is 5.75 Å². The van der Waals surface area contributed by atoms with Crippen molar-refractivity contribution in [2.75, 3.05) is 12.4 Å². The van der Waals surface area contributed by atoms with Crippen LogP contribution in [-0.2, 0) is 9.53 Å². The number of nitrogens with one attached hydrogen (secondary N) is 1. The Balaban J connectivity index is 1.75. The fourth-order valence-electron chi connectivity index (χ4n) is 2.36. The molecule has 0 aliphatic heterocycles. The van der Waals surface area contributed by atoms with Crippen molar-refractivity contribution in [1.29, 1.82) is 0 Å². The lowest BCUT2D eigenvalue weighted by molar-refractivity contribution is -0.122. The zero-order chi connectivity index (χ0) is 20.1. The molecule has 144 valence electrons. The molecule has 0 spiro atoms. The van der Waals surface area contributed by atoms with Crippen LogP contribution in [-0.4, -0.2) is 40.1 Å². The van der Waals surface area contributed by atoms with Crippen molar-refractivity contribution in [3.05, 3.63) is 66.2 Å². The zero-order valence-electron chi connectivity index (χ0n) is 15.1. The Labute approximate surface area is 159 Å². The van der Waals surface area contributed by atoms with E-state index < -0.39 is 23.8 Å². The fourth-order valence-corrected chi connectivity index (χ4v) is 2.36. The Morgan fingerprint density at radius 2 is 1.86 bits per heavy atom. The molecule has 0 saturated carbocycles. The van der Waals surface area contributed by atoms with Gasteiger partial charge in [-0.2, -0.15) is 0 Å². The van der Waals surface area contributed by atoms with Crippen LogP contribution in [0.3, 0.4) is 0 Å². The predicted octanol–water partition coefficient (Wildman–Crippen LogP) is 2.60. The number of esters is 1. The van der Waals surface area contributed by atoms with Crippen LogP contribution in [0, 0.1) is 5.82 Å². The average molecular weight is 384 g/mol. The normalized spacial score (nSPS) is 11.5. The molecule has 3 aromatic rings. The third kappa shape index (κ3) is 4.32. The molecule has 9 heteroatoms. The molecule has 1 atom stereocenters. The first-order valence-electron chi connectivity index (χ1n) is 8.31. The number of benzene rings is 2. The van der Waals surface area contributed by atoms with E-state index in [1.165, 1.54) is 42.3 Å². The second kappa shape index (κ2) is 8.30. The van der Waals surface area contributed by atoms with Gasteiger partial charge < -0.3 is 14.8 Å². The van der Waals surface area contributed by atoms with Gasteiger partial charge in [-0.1, -0.05) is 17.3 Å². The van der Waals surface area contributed by atoms with Gasteiger partial charge in [0.15, 0.2) is 11.8 Å². The molecule has 0 bridgehead atoms. The molecule has 1 amide bonds. The molecule has 2 aromatic carbocycles. The lowest BCUT2D eigenvalue weighted by Gasteiger charge is -2.16. The fraction of sp³-hybridized carbons (Fsp3) is 0.158. The van der Waals surface area contributed by atoms with E-state index in [2.05, 4.69) is 20.4 Å². The van der Waals surface area contributed by atoms with Crippen molar-refractivity contribution < 1.29 is 23.5 Å². The molecule has 3 rings (SSSR count). The third-order valence-electron chi connectivity index (χ3n) is 3.79. The molecular weight excluding hydrogens is 367 g/mol. The highest BCUT2D eigenvalue weighted by atomic mass is 19.1. The van der Waals surface area contributed by atoms with E-state index in [0.29, 0.717) is 17.1 Å². The smallest absolute Gasteiger partial charge is 0.360 e. The summed E-state index contributed by atoms with van der Waals surface area (Å²) in [6.07, 6.45) is 0.565. The Bertz CT molecular complexity index is 988. The third-order valence-corrected chi connectivity index (χ3v) is 3.79. The van der Waals surface area contributed by atoms with Gasteiger partial charge in [-0.25, -0.2) is 13.9 Å². The lowest BCUT2D eigenvalue weighted by Crippen LogP contribution is -2.30. The molecule has 0 saturated heterocycles. The average Bonchev–Trinajstić information content (AvgIpc) is 3.19. The summed E-state index contributed by atoms with van der Waals surface area (Å²) in [5.74, 6) is -1.05. The van der Waals surface area contributed by atoms with Gasteiger partial charge in [0, 0.05) is 0 Å². The summed E-state index contributed by atoms with van der Waals surface area (Å²) in [5, 5.41) is 10.4. The quantitative estimate of drug-likeness (QED) is 0.657. The summed E-state index contributed by atoms with van der Waals surface area (Å²) in [4.78, 5) is 24.1. The molecule has 1 heterocycles. The number of ether oxygens (including phenoxy) is 2. The highest BCUT2D eigenvalue weighted by Gasteiger charge is 2.18. The molecular formula is C19H17FN4O4. The number of rotatable bonds is 6. The number of aromatic nitrogens is 3. The number of nitrogens with zero attached hydrogens (tertiary/aromatic N) is 3. The van der Waals surface area contributed by atoms with Crippen LogP contribution < -0.4 is 10.1 Å². The summed E-state index contributed by atoms with van der Waals surface area (Å²) in [7, 11) is 1.25. The van der Waals surface area contributed by atoms with Crippen molar-refractivity contribution in [2.24, 2.45) is 0 Å². The molecule has 0 aliphatic rings. The highest BCUT2D eigenvalue weighted by Crippen LogP contribution is 2.20. The van der Waals surface area contributed by atoms with Crippen LogP contribution in [0.4, 0.5) is 10.1 Å². The van der Waals surface area contributed by atoms with Gasteiger partial charge in [0.05, 0.1) is 24.7 Å². The second-order valence-electron chi connectivity index (χ2n) is 5.76. The predicted molar refractivity (Wildman–Crippen MR) is 97.8 cm³/mol. The number of methoxy groups -OCH3 is 1. The van der Waals surface area contributed by atoms with E-state index in [1.807, 2.05) is 0 Å². The van der Waals surface area contributed by atoms with E-state index in [-0.39, 0.29) is 5.69 Å². The van der Waals surface area contributed by atoms with E-state index in [4.69, 9.17) is 4.74 Å². The monoisotopic (exact) mass is 384 g/mol. The van der Waals surface area contributed by atoms with Gasteiger partial charge in [-0.3, -0.25) is 4.79 Å².